The van der Waals surface area contributed by atoms with Crippen molar-refractivity contribution in [3.8, 4) is 5.75 Å². The molecule has 0 unspecified atom stereocenters. The fraction of sp³-hybridized carbons (Fsp3) is 0.455. The van der Waals surface area contributed by atoms with Crippen LogP contribution in [0.1, 0.15) is 5.56 Å². The van der Waals surface area contributed by atoms with Gasteiger partial charge in [-0.25, -0.2) is 0 Å². The minimum atomic E-state index is -4.29. The topological polar surface area (TPSA) is 18.5 Å². The number of hydrogen-bond donors (Lipinski definition) is 0. The van der Waals surface area contributed by atoms with Gasteiger partial charge in [0.15, 0.2) is 0 Å². The molecule has 0 N–H and O–H groups in total. The standard InChI is InChI=1S/C11H11Br2F3O2/c12-6-8-5-9(13)1-2-10(8)18-4-3-17-7-11(14,15)16/h1-2,5H,3-4,6-7H2. The maximum atomic E-state index is 11.8. The molecule has 0 aliphatic heterocycles. The summed E-state index contributed by atoms with van der Waals surface area (Å²) in [6.45, 7) is -1.27. The smallest absolute Gasteiger partial charge is 0.411 e. The van der Waals surface area contributed by atoms with Crippen LogP contribution in [0, 0.1) is 0 Å². The van der Waals surface area contributed by atoms with Crippen molar-refractivity contribution < 1.29 is 22.6 Å². The molecule has 0 radical (unpaired) electrons. The molecule has 0 spiro atoms. The van der Waals surface area contributed by atoms with Gasteiger partial charge in [-0.2, -0.15) is 13.2 Å². The molecule has 0 saturated carbocycles. The number of halogens is 5. The molecule has 0 heterocycles. The van der Waals surface area contributed by atoms with E-state index < -0.39 is 12.8 Å². The number of benzene rings is 1. The summed E-state index contributed by atoms with van der Waals surface area (Å²) in [6.07, 6.45) is -4.29. The molecule has 0 bridgehead atoms. The average molecular weight is 392 g/mol. The van der Waals surface area contributed by atoms with E-state index in [9.17, 15) is 13.2 Å². The molecular formula is C11H11Br2F3O2. The highest BCUT2D eigenvalue weighted by molar-refractivity contribution is 9.10. The van der Waals surface area contributed by atoms with E-state index >= 15 is 0 Å². The molecule has 7 heteroatoms. The highest BCUT2D eigenvalue weighted by Gasteiger charge is 2.27. The summed E-state index contributed by atoms with van der Waals surface area (Å²) in [5.41, 5.74) is 0.917. The van der Waals surface area contributed by atoms with Crippen LogP contribution in [0.4, 0.5) is 13.2 Å². The van der Waals surface area contributed by atoms with Gasteiger partial charge < -0.3 is 9.47 Å². The van der Waals surface area contributed by atoms with Gasteiger partial charge in [0, 0.05) is 15.4 Å². The summed E-state index contributed by atoms with van der Waals surface area (Å²) in [4.78, 5) is 0. The molecule has 0 atom stereocenters. The molecule has 0 fully saturated rings. The highest BCUT2D eigenvalue weighted by atomic mass is 79.9. The molecule has 0 saturated heterocycles. The van der Waals surface area contributed by atoms with Crippen LogP contribution < -0.4 is 4.74 Å². The van der Waals surface area contributed by atoms with E-state index in [1.165, 1.54) is 0 Å². The minimum Gasteiger partial charge on any atom is -0.491 e. The number of hydrogen-bond acceptors (Lipinski definition) is 2. The molecule has 1 aromatic rings. The lowest BCUT2D eigenvalue weighted by atomic mass is 10.2. The summed E-state index contributed by atoms with van der Waals surface area (Å²) in [5, 5.41) is 0.602. The van der Waals surface area contributed by atoms with Crippen LogP contribution in [0.15, 0.2) is 22.7 Å². The van der Waals surface area contributed by atoms with Crippen LogP contribution in [0.5, 0.6) is 5.75 Å². The predicted octanol–water partition coefficient (Wildman–Crippen LogP) is 4.30. The first-order valence-electron chi connectivity index (χ1n) is 5.04. The van der Waals surface area contributed by atoms with E-state index in [-0.39, 0.29) is 13.2 Å². The third kappa shape index (κ3) is 6.06. The Morgan fingerprint density at radius 1 is 1.17 bits per heavy atom. The van der Waals surface area contributed by atoms with E-state index in [0.717, 1.165) is 10.0 Å². The zero-order chi connectivity index (χ0) is 13.6. The highest BCUT2D eigenvalue weighted by Crippen LogP contribution is 2.25. The van der Waals surface area contributed by atoms with Gasteiger partial charge in [0.25, 0.3) is 0 Å². The summed E-state index contributed by atoms with van der Waals surface area (Å²) in [6, 6.07) is 5.43. The van der Waals surface area contributed by atoms with Gasteiger partial charge in [0.2, 0.25) is 0 Å². The Bertz CT molecular complexity index is 383. The summed E-state index contributed by atoms with van der Waals surface area (Å²) >= 11 is 6.64. The Labute approximate surface area is 120 Å². The Kier molecular flexibility index (Phi) is 6.45. The van der Waals surface area contributed by atoms with Crippen molar-refractivity contribution in [2.24, 2.45) is 0 Å². The lowest BCUT2D eigenvalue weighted by Gasteiger charge is -2.11. The summed E-state index contributed by atoms with van der Waals surface area (Å²) < 4.78 is 46.1. The molecule has 0 amide bonds. The second kappa shape index (κ2) is 7.35. The number of ether oxygens (including phenoxy) is 2. The SMILES string of the molecule is FC(F)(F)COCCOc1ccc(Br)cc1CBr. The van der Waals surface area contributed by atoms with Crippen molar-refractivity contribution in [2.45, 2.75) is 11.5 Å². The zero-order valence-electron chi connectivity index (χ0n) is 9.27. The van der Waals surface area contributed by atoms with Crippen molar-refractivity contribution >= 4 is 31.9 Å². The minimum absolute atomic E-state index is 0.0811. The van der Waals surface area contributed by atoms with Crippen molar-refractivity contribution in [2.75, 3.05) is 19.8 Å². The lowest BCUT2D eigenvalue weighted by molar-refractivity contribution is -0.175. The van der Waals surface area contributed by atoms with E-state index in [4.69, 9.17) is 4.74 Å². The van der Waals surface area contributed by atoms with Gasteiger partial charge in [-0.15, -0.1) is 0 Å². The second-order valence-electron chi connectivity index (χ2n) is 3.40. The zero-order valence-corrected chi connectivity index (χ0v) is 12.4. The van der Waals surface area contributed by atoms with Crippen LogP contribution in [-0.4, -0.2) is 26.0 Å². The summed E-state index contributed by atoms with van der Waals surface area (Å²) in [7, 11) is 0. The molecule has 102 valence electrons. The first-order valence-corrected chi connectivity index (χ1v) is 6.95. The Balaban J connectivity index is 2.35. The van der Waals surface area contributed by atoms with Crippen LogP contribution in [-0.2, 0) is 10.1 Å². The predicted molar refractivity (Wildman–Crippen MR) is 69.1 cm³/mol. The molecular weight excluding hydrogens is 381 g/mol. The molecule has 18 heavy (non-hydrogen) atoms. The molecule has 2 nitrogen and oxygen atoms in total. The fourth-order valence-electron chi connectivity index (χ4n) is 1.19. The van der Waals surface area contributed by atoms with Gasteiger partial charge >= 0.3 is 6.18 Å². The third-order valence-corrected chi connectivity index (χ3v) is 3.01. The first kappa shape index (κ1) is 15.8. The van der Waals surface area contributed by atoms with Gasteiger partial charge in [-0.3, -0.25) is 0 Å². The van der Waals surface area contributed by atoms with E-state index in [1.54, 1.807) is 12.1 Å². The Morgan fingerprint density at radius 3 is 2.50 bits per heavy atom. The first-order chi connectivity index (χ1) is 8.42. The van der Waals surface area contributed by atoms with Crippen LogP contribution >= 0.6 is 31.9 Å². The second-order valence-corrected chi connectivity index (χ2v) is 4.88. The van der Waals surface area contributed by atoms with Crippen molar-refractivity contribution in [1.82, 2.24) is 0 Å². The van der Waals surface area contributed by atoms with E-state index in [0.29, 0.717) is 11.1 Å². The van der Waals surface area contributed by atoms with Gasteiger partial charge in [0.1, 0.15) is 19.0 Å². The van der Waals surface area contributed by atoms with Gasteiger partial charge in [-0.05, 0) is 18.2 Å². The van der Waals surface area contributed by atoms with E-state index in [1.807, 2.05) is 6.07 Å². The summed E-state index contributed by atoms with van der Waals surface area (Å²) in [5.74, 6) is 0.630. The molecule has 0 aliphatic carbocycles. The quantitative estimate of drug-likeness (QED) is 0.531. The molecule has 1 aromatic carbocycles. The van der Waals surface area contributed by atoms with Crippen LogP contribution in [0.25, 0.3) is 0 Å². The molecule has 1 rings (SSSR count). The van der Waals surface area contributed by atoms with Gasteiger partial charge in [0.05, 0.1) is 6.61 Å². The van der Waals surface area contributed by atoms with Crippen molar-refractivity contribution in [3.05, 3.63) is 28.2 Å². The number of rotatable bonds is 6. The Hall–Kier alpha value is -0.270. The molecule has 0 aliphatic rings. The van der Waals surface area contributed by atoms with Crippen molar-refractivity contribution in [3.63, 3.8) is 0 Å². The fourth-order valence-corrected chi connectivity index (χ4v) is 2.04. The number of alkyl halides is 4. The van der Waals surface area contributed by atoms with Crippen LogP contribution in [0.3, 0.4) is 0 Å². The average Bonchev–Trinajstić information content (AvgIpc) is 2.28. The van der Waals surface area contributed by atoms with Gasteiger partial charge in [-0.1, -0.05) is 31.9 Å². The Morgan fingerprint density at radius 2 is 1.89 bits per heavy atom. The normalized spacial score (nSPS) is 11.6. The van der Waals surface area contributed by atoms with E-state index in [2.05, 4.69) is 36.6 Å². The lowest BCUT2D eigenvalue weighted by Crippen LogP contribution is -2.19. The maximum Gasteiger partial charge on any atom is 0.411 e. The third-order valence-electron chi connectivity index (χ3n) is 1.92. The maximum absolute atomic E-state index is 11.8. The van der Waals surface area contributed by atoms with Crippen LogP contribution in [0.2, 0.25) is 0 Å². The molecule has 0 aromatic heterocycles. The van der Waals surface area contributed by atoms with Crippen molar-refractivity contribution in [1.29, 1.82) is 0 Å². The largest absolute Gasteiger partial charge is 0.491 e. The monoisotopic (exact) mass is 390 g/mol.